The van der Waals surface area contributed by atoms with E-state index in [4.69, 9.17) is 5.73 Å². The first-order valence-corrected chi connectivity index (χ1v) is 9.05. The highest BCUT2D eigenvalue weighted by Gasteiger charge is 2.26. The number of anilines is 1. The van der Waals surface area contributed by atoms with Gasteiger partial charge in [-0.15, -0.1) is 0 Å². The van der Waals surface area contributed by atoms with Gasteiger partial charge in [-0.05, 0) is 44.2 Å². The molecule has 0 bridgehead atoms. The summed E-state index contributed by atoms with van der Waals surface area (Å²) in [5, 5.41) is 10.0. The highest BCUT2D eigenvalue weighted by molar-refractivity contribution is 7.98. The number of benzene rings is 1. The fourth-order valence-electron chi connectivity index (χ4n) is 1.85. The van der Waals surface area contributed by atoms with Crippen LogP contribution in [0.5, 0.6) is 0 Å². The maximum Gasteiger partial charge on any atom is 0.242 e. The van der Waals surface area contributed by atoms with Crippen LogP contribution < -0.4 is 10.5 Å². The predicted molar refractivity (Wildman–Crippen MR) is 84.5 cm³/mol. The van der Waals surface area contributed by atoms with Crippen LogP contribution in [-0.2, 0) is 10.0 Å². The molecule has 1 unspecified atom stereocenters. The van der Waals surface area contributed by atoms with Crippen LogP contribution in [0.1, 0.15) is 18.1 Å². The Morgan fingerprint density at radius 2 is 2.00 bits per heavy atom. The molecule has 0 saturated carbocycles. The fourth-order valence-corrected chi connectivity index (χ4v) is 4.16. The van der Waals surface area contributed by atoms with Gasteiger partial charge in [-0.3, -0.25) is 0 Å². The van der Waals surface area contributed by atoms with E-state index in [-0.39, 0.29) is 17.1 Å². The van der Waals surface area contributed by atoms with Crippen LogP contribution in [0.4, 0.5) is 5.69 Å². The first kappa shape index (κ1) is 17.3. The average molecular weight is 318 g/mol. The monoisotopic (exact) mass is 318 g/mol. The minimum atomic E-state index is -3.74. The summed E-state index contributed by atoms with van der Waals surface area (Å²) in [6.45, 7) is 5.10. The normalized spacial score (nSPS) is 15.1. The molecular weight excluding hydrogens is 296 g/mol. The van der Waals surface area contributed by atoms with E-state index in [9.17, 15) is 13.5 Å². The van der Waals surface area contributed by atoms with Crippen molar-refractivity contribution >= 4 is 27.5 Å². The predicted octanol–water partition coefficient (Wildman–Crippen LogP) is 1.28. The molecule has 0 aliphatic carbocycles. The zero-order valence-electron chi connectivity index (χ0n) is 12.2. The lowest BCUT2D eigenvalue weighted by atomic mass is 10.1. The number of hydrogen-bond donors (Lipinski definition) is 3. The van der Waals surface area contributed by atoms with E-state index >= 15 is 0 Å². The lowest BCUT2D eigenvalue weighted by Gasteiger charge is -2.23. The van der Waals surface area contributed by atoms with E-state index in [0.29, 0.717) is 11.3 Å². The van der Waals surface area contributed by atoms with Gasteiger partial charge in [0, 0.05) is 12.3 Å². The van der Waals surface area contributed by atoms with Crippen LogP contribution >= 0.6 is 11.8 Å². The quantitative estimate of drug-likeness (QED) is 0.687. The number of rotatable bonds is 6. The molecule has 1 aromatic rings. The second kappa shape index (κ2) is 6.34. The van der Waals surface area contributed by atoms with Crippen LogP contribution in [0, 0.1) is 13.8 Å². The number of aryl methyl sites for hydroxylation is 1. The maximum absolute atomic E-state index is 12.4. The van der Waals surface area contributed by atoms with Gasteiger partial charge < -0.3 is 10.8 Å². The van der Waals surface area contributed by atoms with Crippen molar-refractivity contribution in [3.8, 4) is 0 Å². The molecule has 0 aliphatic heterocycles. The summed E-state index contributed by atoms with van der Waals surface area (Å²) in [5.74, 6) is 0.442. The number of sulfonamides is 1. The summed E-state index contributed by atoms with van der Waals surface area (Å²) in [6.07, 6.45) is 1.85. The van der Waals surface area contributed by atoms with Crippen LogP contribution in [0.25, 0.3) is 0 Å². The number of hydrogen-bond acceptors (Lipinski definition) is 5. The molecule has 1 aromatic carbocycles. The van der Waals surface area contributed by atoms with Crippen LogP contribution in [0.3, 0.4) is 0 Å². The molecule has 20 heavy (non-hydrogen) atoms. The number of thioether (sulfide) groups is 1. The van der Waals surface area contributed by atoms with E-state index < -0.39 is 15.6 Å². The maximum atomic E-state index is 12.4. The number of aliphatic hydroxyl groups is 1. The molecule has 5 nitrogen and oxygen atoms in total. The minimum absolute atomic E-state index is 0.0526. The van der Waals surface area contributed by atoms with Gasteiger partial charge in [-0.2, -0.15) is 11.8 Å². The summed E-state index contributed by atoms with van der Waals surface area (Å²) in [4.78, 5) is 0.0949. The van der Waals surface area contributed by atoms with Crippen molar-refractivity contribution in [3.63, 3.8) is 0 Å². The van der Waals surface area contributed by atoms with Crippen molar-refractivity contribution in [2.24, 2.45) is 0 Å². The SMILES string of the molecule is CSCC(C)(O)CNS(=O)(=O)c1c(N)ccc(C)c1C. The van der Waals surface area contributed by atoms with Crippen molar-refractivity contribution in [2.75, 3.05) is 24.3 Å². The summed E-state index contributed by atoms with van der Waals surface area (Å²) < 4.78 is 27.2. The Morgan fingerprint density at radius 3 is 2.55 bits per heavy atom. The Balaban J connectivity index is 3.04. The highest BCUT2D eigenvalue weighted by atomic mass is 32.2. The Bertz CT molecular complexity index is 584. The zero-order valence-corrected chi connectivity index (χ0v) is 13.9. The van der Waals surface area contributed by atoms with Crippen LogP contribution in [0.2, 0.25) is 0 Å². The Morgan fingerprint density at radius 1 is 1.40 bits per heavy atom. The van der Waals surface area contributed by atoms with E-state index in [1.165, 1.54) is 11.8 Å². The summed E-state index contributed by atoms with van der Waals surface area (Å²) >= 11 is 1.45. The van der Waals surface area contributed by atoms with Gasteiger partial charge >= 0.3 is 0 Å². The zero-order chi connectivity index (χ0) is 15.6. The molecule has 1 atom stereocenters. The largest absolute Gasteiger partial charge is 0.398 e. The van der Waals surface area contributed by atoms with E-state index in [0.717, 1.165) is 5.56 Å². The molecule has 0 aromatic heterocycles. The third kappa shape index (κ3) is 4.12. The highest BCUT2D eigenvalue weighted by Crippen LogP contribution is 2.25. The van der Waals surface area contributed by atoms with Crippen molar-refractivity contribution in [2.45, 2.75) is 31.3 Å². The molecule has 0 amide bonds. The standard InChI is InChI=1S/C13H22N2O3S2/c1-9-5-6-11(14)12(10(9)2)20(17,18)15-7-13(3,16)8-19-4/h5-6,15-16H,7-8,14H2,1-4H3. The first-order chi connectivity index (χ1) is 9.10. The van der Waals surface area contributed by atoms with Gasteiger partial charge in [0.1, 0.15) is 4.90 Å². The smallest absolute Gasteiger partial charge is 0.242 e. The van der Waals surface area contributed by atoms with E-state index in [2.05, 4.69) is 4.72 Å². The van der Waals surface area contributed by atoms with Gasteiger partial charge in [0.2, 0.25) is 10.0 Å². The average Bonchev–Trinajstić information content (AvgIpc) is 2.32. The lowest BCUT2D eigenvalue weighted by Crippen LogP contribution is -2.42. The second-order valence-electron chi connectivity index (χ2n) is 5.18. The minimum Gasteiger partial charge on any atom is -0.398 e. The number of nitrogens with one attached hydrogen (secondary N) is 1. The summed E-state index contributed by atoms with van der Waals surface area (Å²) in [5.41, 5.74) is 6.39. The van der Waals surface area contributed by atoms with Crippen molar-refractivity contribution in [1.82, 2.24) is 4.72 Å². The van der Waals surface area contributed by atoms with Gasteiger partial charge in [0.25, 0.3) is 0 Å². The van der Waals surface area contributed by atoms with Gasteiger partial charge in [-0.1, -0.05) is 6.07 Å². The molecule has 0 heterocycles. The van der Waals surface area contributed by atoms with Crippen LogP contribution in [0.15, 0.2) is 17.0 Å². The van der Waals surface area contributed by atoms with Crippen molar-refractivity contribution in [3.05, 3.63) is 23.3 Å². The van der Waals surface area contributed by atoms with E-state index in [1.54, 1.807) is 26.0 Å². The molecule has 0 saturated heterocycles. The van der Waals surface area contributed by atoms with Crippen molar-refractivity contribution < 1.29 is 13.5 Å². The third-order valence-corrected chi connectivity index (χ3v) is 5.59. The second-order valence-corrected chi connectivity index (χ2v) is 7.75. The van der Waals surface area contributed by atoms with Gasteiger partial charge in [0.15, 0.2) is 0 Å². The number of nitrogens with two attached hydrogens (primary N) is 1. The molecule has 0 aliphatic rings. The molecule has 114 valence electrons. The first-order valence-electron chi connectivity index (χ1n) is 6.17. The van der Waals surface area contributed by atoms with Gasteiger partial charge in [-0.25, -0.2) is 13.1 Å². The molecule has 7 heteroatoms. The third-order valence-electron chi connectivity index (χ3n) is 3.07. The fraction of sp³-hybridized carbons (Fsp3) is 0.538. The number of nitrogen functional groups attached to an aromatic ring is 1. The Hall–Kier alpha value is -0.760. The molecule has 0 fully saturated rings. The van der Waals surface area contributed by atoms with E-state index in [1.807, 2.05) is 13.2 Å². The molecule has 0 radical (unpaired) electrons. The summed E-state index contributed by atoms with van der Waals surface area (Å²) in [7, 11) is -3.74. The molecule has 0 spiro atoms. The molecule has 1 rings (SSSR count). The lowest BCUT2D eigenvalue weighted by molar-refractivity contribution is 0.0908. The topological polar surface area (TPSA) is 92.4 Å². The van der Waals surface area contributed by atoms with Crippen molar-refractivity contribution in [1.29, 1.82) is 0 Å². The van der Waals surface area contributed by atoms with Crippen LogP contribution in [-0.4, -0.2) is 37.7 Å². The molecular formula is C13H22N2O3S2. The van der Waals surface area contributed by atoms with Gasteiger partial charge in [0.05, 0.1) is 11.3 Å². The summed E-state index contributed by atoms with van der Waals surface area (Å²) in [6, 6.07) is 3.37. The Labute approximate surface area is 125 Å². The molecule has 4 N–H and O–H groups in total. The Kier molecular flexibility index (Phi) is 5.48.